The van der Waals surface area contributed by atoms with Crippen LogP contribution in [0.4, 0.5) is 0 Å². The van der Waals surface area contributed by atoms with Crippen LogP contribution < -0.4 is 20.1 Å². The van der Waals surface area contributed by atoms with Crippen molar-refractivity contribution in [1.82, 2.24) is 15.6 Å². The van der Waals surface area contributed by atoms with Gasteiger partial charge in [-0.15, -0.1) is 0 Å². The first-order valence-electron chi connectivity index (χ1n) is 7.72. The third-order valence-corrected chi connectivity index (χ3v) is 3.69. The van der Waals surface area contributed by atoms with Gasteiger partial charge in [0.15, 0.2) is 11.5 Å². The summed E-state index contributed by atoms with van der Waals surface area (Å²) in [6.07, 6.45) is 2.76. The highest BCUT2D eigenvalue weighted by atomic mass is 16.5. The third-order valence-electron chi connectivity index (χ3n) is 3.69. The number of aromatic nitrogens is 1. The number of likely N-dealkylation sites (N-methyl/N-ethyl adjacent to an activating group) is 1. The highest BCUT2D eigenvalue weighted by Gasteiger charge is 2.14. The number of nitrogens with zero attached hydrogens (tertiary/aromatic N) is 1. The molecule has 0 amide bonds. The fraction of sp³-hybridized carbons (Fsp3) is 0.389. The molecular weight excluding hydrogens is 290 g/mol. The van der Waals surface area contributed by atoms with Crippen molar-refractivity contribution in [3.63, 3.8) is 0 Å². The first kappa shape index (κ1) is 17.2. The predicted molar refractivity (Wildman–Crippen MR) is 93.2 cm³/mol. The summed E-state index contributed by atoms with van der Waals surface area (Å²) in [5.41, 5.74) is 4.30. The largest absolute Gasteiger partial charge is 0.493 e. The highest BCUT2D eigenvalue weighted by Crippen LogP contribution is 2.39. The van der Waals surface area contributed by atoms with Crippen molar-refractivity contribution in [2.24, 2.45) is 0 Å². The van der Waals surface area contributed by atoms with Crippen LogP contribution in [0, 0.1) is 0 Å². The van der Waals surface area contributed by atoms with Gasteiger partial charge in [0.25, 0.3) is 0 Å². The van der Waals surface area contributed by atoms with Gasteiger partial charge in [0, 0.05) is 18.3 Å². The molecule has 0 saturated heterocycles. The first-order valence-corrected chi connectivity index (χ1v) is 7.72. The van der Waals surface area contributed by atoms with Crippen LogP contribution in [0.15, 0.2) is 30.5 Å². The number of ether oxygens (including phenoxy) is 2. The lowest BCUT2D eigenvalue weighted by molar-refractivity contribution is 0.355. The van der Waals surface area contributed by atoms with Crippen LogP contribution in [0.25, 0.3) is 11.1 Å². The maximum atomic E-state index is 5.60. The van der Waals surface area contributed by atoms with Gasteiger partial charge in [0.2, 0.25) is 0 Å². The molecule has 0 unspecified atom stereocenters. The number of hydrogen-bond acceptors (Lipinski definition) is 5. The van der Waals surface area contributed by atoms with Crippen molar-refractivity contribution in [3.05, 3.63) is 41.7 Å². The lowest BCUT2D eigenvalue weighted by Crippen LogP contribution is -2.10. The number of hydrogen-bond donors (Lipinski definition) is 2. The van der Waals surface area contributed by atoms with E-state index in [0.29, 0.717) is 0 Å². The van der Waals surface area contributed by atoms with Crippen molar-refractivity contribution < 1.29 is 9.47 Å². The Morgan fingerprint density at radius 2 is 1.87 bits per heavy atom. The Hall–Kier alpha value is -2.11. The van der Waals surface area contributed by atoms with E-state index in [-0.39, 0.29) is 0 Å². The van der Waals surface area contributed by atoms with E-state index in [1.165, 1.54) is 5.56 Å². The van der Waals surface area contributed by atoms with Crippen LogP contribution in [0.1, 0.15) is 11.3 Å². The summed E-state index contributed by atoms with van der Waals surface area (Å²) in [4.78, 5) is 4.38. The highest BCUT2D eigenvalue weighted by molar-refractivity contribution is 5.75. The van der Waals surface area contributed by atoms with Crippen LogP contribution in [-0.2, 0) is 13.0 Å². The lowest BCUT2D eigenvalue weighted by Gasteiger charge is -2.16. The van der Waals surface area contributed by atoms with E-state index in [1.807, 2.05) is 32.4 Å². The number of pyridine rings is 1. The molecular formula is C18H25N3O2. The molecule has 0 spiro atoms. The van der Waals surface area contributed by atoms with Gasteiger partial charge < -0.3 is 20.1 Å². The van der Waals surface area contributed by atoms with E-state index in [1.54, 1.807) is 14.2 Å². The van der Waals surface area contributed by atoms with Gasteiger partial charge in [-0.2, -0.15) is 0 Å². The van der Waals surface area contributed by atoms with E-state index < -0.39 is 0 Å². The zero-order chi connectivity index (χ0) is 16.7. The van der Waals surface area contributed by atoms with Crippen molar-refractivity contribution in [2.45, 2.75) is 13.0 Å². The second kappa shape index (κ2) is 8.50. The fourth-order valence-corrected chi connectivity index (χ4v) is 2.57. The molecule has 0 bridgehead atoms. The number of methoxy groups -OCH3 is 2. The maximum absolute atomic E-state index is 5.60. The molecule has 0 aliphatic carbocycles. The van der Waals surface area contributed by atoms with Crippen LogP contribution >= 0.6 is 0 Å². The number of nitrogens with one attached hydrogen (secondary N) is 2. The van der Waals surface area contributed by atoms with Crippen LogP contribution in [-0.4, -0.2) is 39.8 Å². The van der Waals surface area contributed by atoms with Crippen molar-refractivity contribution in [1.29, 1.82) is 0 Å². The average Bonchev–Trinajstić information content (AvgIpc) is 2.59. The lowest BCUT2D eigenvalue weighted by atomic mass is 9.99. The molecule has 0 fully saturated rings. The monoisotopic (exact) mass is 315 g/mol. The number of rotatable bonds is 8. The predicted octanol–water partition coefficient (Wildman–Crippen LogP) is 2.25. The molecule has 1 heterocycles. The van der Waals surface area contributed by atoms with Gasteiger partial charge in [-0.3, -0.25) is 4.98 Å². The molecule has 1 aromatic heterocycles. The molecule has 2 rings (SSSR count). The maximum Gasteiger partial charge on any atom is 0.168 e. The van der Waals surface area contributed by atoms with Gasteiger partial charge >= 0.3 is 0 Å². The molecule has 0 radical (unpaired) electrons. The van der Waals surface area contributed by atoms with Gasteiger partial charge in [-0.25, -0.2) is 0 Å². The minimum absolute atomic E-state index is 0.729. The summed E-state index contributed by atoms with van der Waals surface area (Å²) >= 11 is 0. The van der Waals surface area contributed by atoms with Crippen LogP contribution in [0.3, 0.4) is 0 Å². The summed E-state index contributed by atoms with van der Waals surface area (Å²) < 4.78 is 11.1. The van der Waals surface area contributed by atoms with E-state index in [4.69, 9.17) is 9.47 Å². The van der Waals surface area contributed by atoms with E-state index in [9.17, 15) is 0 Å². The standard InChI is InChI=1S/C18H25N3O2/c1-19-7-5-13-9-16(18(23-4)17(10-13)22-3)14-6-8-21-15(11-14)12-20-2/h6,8-11,19-20H,5,7,12H2,1-4H3. The molecule has 5 heteroatoms. The smallest absolute Gasteiger partial charge is 0.168 e. The summed E-state index contributed by atoms with van der Waals surface area (Å²) in [6.45, 7) is 1.64. The minimum Gasteiger partial charge on any atom is -0.493 e. The molecule has 2 aromatic rings. The molecule has 0 aliphatic rings. The van der Waals surface area contributed by atoms with Crippen molar-refractivity contribution in [2.75, 3.05) is 34.9 Å². The second-order valence-corrected chi connectivity index (χ2v) is 5.30. The Bertz CT molecular complexity index is 644. The minimum atomic E-state index is 0.729. The molecule has 2 N–H and O–H groups in total. The molecule has 5 nitrogen and oxygen atoms in total. The van der Waals surface area contributed by atoms with Crippen molar-refractivity contribution in [3.8, 4) is 22.6 Å². The Kier molecular flexibility index (Phi) is 6.38. The second-order valence-electron chi connectivity index (χ2n) is 5.30. The first-order chi connectivity index (χ1) is 11.2. The fourth-order valence-electron chi connectivity index (χ4n) is 2.57. The molecule has 0 atom stereocenters. The zero-order valence-electron chi connectivity index (χ0n) is 14.3. The normalized spacial score (nSPS) is 10.6. The Balaban J connectivity index is 2.51. The molecule has 0 saturated carbocycles. The Morgan fingerprint density at radius 3 is 2.52 bits per heavy atom. The van der Waals surface area contributed by atoms with E-state index in [2.05, 4.69) is 27.8 Å². The van der Waals surface area contributed by atoms with Crippen LogP contribution in [0.5, 0.6) is 11.5 Å². The molecule has 1 aromatic carbocycles. The summed E-state index contributed by atoms with van der Waals surface area (Å²) in [5, 5.41) is 6.30. The van der Waals surface area contributed by atoms with E-state index in [0.717, 1.165) is 47.8 Å². The Morgan fingerprint density at radius 1 is 1.04 bits per heavy atom. The molecule has 23 heavy (non-hydrogen) atoms. The third kappa shape index (κ3) is 4.21. The topological polar surface area (TPSA) is 55.4 Å². The Labute approximate surface area is 138 Å². The van der Waals surface area contributed by atoms with Gasteiger partial charge in [0.05, 0.1) is 19.9 Å². The summed E-state index contributed by atoms with van der Waals surface area (Å²) in [5.74, 6) is 1.50. The molecule has 0 aliphatic heterocycles. The number of benzene rings is 1. The van der Waals surface area contributed by atoms with Gasteiger partial charge in [0.1, 0.15) is 0 Å². The van der Waals surface area contributed by atoms with Crippen LogP contribution in [0.2, 0.25) is 0 Å². The average molecular weight is 315 g/mol. The quantitative estimate of drug-likeness (QED) is 0.782. The molecule has 124 valence electrons. The van der Waals surface area contributed by atoms with E-state index >= 15 is 0 Å². The summed E-state index contributed by atoms with van der Waals surface area (Å²) in [7, 11) is 7.21. The SMILES string of the molecule is CNCCc1cc(OC)c(OC)c(-c2ccnc(CNC)c2)c1. The summed E-state index contributed by atoms with van der Waals surface area (Å²) in [6, 6.07) is 8.28. The zero-order valence-corrected chi connectivity index (χ0v) is 14.3. The van der Waals surface area contributed by atoms with Crippen molar-refractivity contribution >= 4 is 0 Å². The van der Waals surface area contributed by atoms with Gasteiger partial charge in [-0.05, 0) is 62.5 Å². The van der Waals surface area contributed by atoms with Gasteiger partial charge in [-0.1, -0.05) is 0 Å².